The lowest BCUT2D eigenvalue weighted by atomic mass is 9.93. The van der Waals surface area contributed by atoms with Gasteiger partial charge in [0.1, 0.15) is 0 Å². The predicted octanol–water partition coefficient (Wildman–Crippen LogP) is 2.45. The Morgan fingerprint density at radius 3 is 2.68 bits per heavy atom. The lowest BCUT2D eigenvalue weighted by Gasteiger charge is -2.32. The summed E-state index contributed by atoms with van der Waals surface area (Å²) in [5, 5.41) is 8.72. The van der Waals surface area contributed by atoms with E-state index >= 15 is 0 Å². The molecule has 106 valence electrons. The Kier molecular flexibility index (Phi) is 4.61. The molecule has 2 rings (SSSR count). The molecule has 1 aliphatic heterocycles. The van der Waals surface area contributed by atoms with Crippen LogP contribution in [0, 0.1) is 11.8 Å². The van der Waals surface area contributed by atoms with Crippen LogP contribution >= 0.6 is 0 Å². The van der Waals surface area contributed by atoms with Crippen molar-refractivity contribution in [3.05, 3.63) is 11.6 Å². The molecule has 2 aliphatic rings. The number of nitrogens with zero attached hydrogens (tertiary/aromatic N) is 1. The highest BCUT2D eigenvalue weighted by Crippen LogP contribution is 2.36. The van der Waals surface area contributed by atoms with E-state index in [4.69, 9.17) is 5.11 Å². The molecule has 1 aliphatic carbocycles. The smallest absolute Gasteiger partial charge is 0.303 e. The largest absolute Gasteiger partial charge is 0.481 e. The van der Waals surface area contributed by atoms with Gasteiger partial charge in [0.15, 0.2) is 0 Å². The molecular formula is C15H23NO3. The van der Waals surface area contributed by atoms with E-state index in [1.165, 1.54) is 18.4 Å². The molecule has 1 heterocycles. The summed E-state index contributed by atoms with van der Waals surface area (Å²) in [7, 11) is 0. The third-order valence-corrected chi connectivity index (χ3v) is 4.17. The van der Waals surface area contributed by atoms with Gasteiger partial charge in [0.25, 0.3) is 0 Å². The molecule has 1 saturated heterocycles. The minimum absolute atomic E-state index is 0.115. The Bertz CT molecular complexity index is 385. The maximum absolute atomic E-state index is 12.2. The number of aliphatic carboxylic acids is 1. The maximum Gasteiger partial charge on any atom is 0.303 e. The summed E-state index contributed by atoms with van der Waals surface area (Å²) in [6.07, 6.45) is 7.16. The lowest BCUT2D eigenvalue weighted by Crippen LogP contribution is -2.39. The zero-order chi connectivity index (χ0) is 13.8. The van der Waals surface area contributed by atoms with Gasteiger partial charge in [-0.15, -0.1) is 0 Å². The number of rotatable bonds is 5. The van der Waals surface area contributed by atoms with Crippen LogP contribution in [0.15, 0.2) is 11.6 Å². The second kappa shape index (κ2) is 6.22. The van der Waals surface area contributed by atoms with Crippen molar-refractivity contribution in [1.29, 1.82) is 0 Å². The summed E-state index contributed by atoms with van der Waals surface area (Å²) in [6, 6.07) is 0. The van der Waals surface area contributed by atoms with Crippen molar-refractivity contribution in [2.24, 2.45) is 11.8 Å². The minimum Gasteiger partial charge on any atom is -0.481 e. The molecule has 0 bridgehead atoms. The number of carbonyl (C=O) groups excluding carboxylic acids is 1. The number of carboxylic acids is 1. The molecule has 1 N–H and O–H groups in total. The van der Waals surface area contributed by atoms with Crippen molar-refractivity contribution < 1.29 is 14.7 Å². The third-order valence-electron chi connectivity index (χ3n) is 4.17. The minimum atomic E-state index is -0.743. The van der Waals surface area contributed by atoms with E-state index in [2.05, 4.69) is 0 Å². The average Bonchev–Trinajstić information content (AvgIpc) is 3.21. The summed E-state index contributed by atoms with van der Waals surface area (Å²) < 4.78 is 0. The average molecular weight is 265 g/mol. The van der Waals surface area contributed by atoms with Crippen molar-refractivity contribution in [2.75, 3.05) is 13.1 Å². The zero-order valence-electron chi connectivity index (χ0n) is 11.6. The molecular weight excluding hydrogens is 242 g/mol. The number of allylic oxidation sites excluding steroid dienone is 1. The number of carboxylic acid groups (broad SMARTS) is 1. The summed E-state index contributed by atoms with van der Waals surface area (Å²) in [6.45, 7) is 3.58. The molecule has 19 heavy (non-hydrogen) atoms. The van der Waals surface area contributed by atoms with E-state index in [1.54, 1.807) is 6.08 Å². The molecule has 0 unspecified atom stereocenters. The van der Waals surface area contributed by atoms with Gasteiger partial charge in [0.2, 0.25) is 5.91 Å². The highest BCUT2D eigenvalue weighted by atomic mass is 16.4. The zero-order valence-corrected chi connectivity index (χ0v) is 11.6. The van der Waals surface area contributed by atoms with Crippen LogP contribution in [0.3, 0.4) is 0 Å². The Morgan fingerprint density at radius 1 is 1.32 bits per heavy atom. The summed E-state index contributed by atoms with van der Waals surface area (Å²) in [4.78, 5) is 24.6. The van der Waals surface area contributed by atoms with E-state index in [9.17, 15) is 9.59 Å². The molecule has 0 radical (unpaired) electrons. The maximum atomic E-state index is 12.2. The van der Waals surface area contributed by atoms with Gasteiger partial charge in [-0.3, -0.25) is 9.59 Å². The summed E-state index contributed by atoms with van der Waals surface area (Å²) >= 11 is 0. The number of likely N-dealkylation sites (tertiary alicyclic amines) is 1. The number of amides is 1. The molecule has 4 nitrogen and oxygen atoms in total. The standard InChI is InChI=1S/C15H23NO3/c1-11(13-5-6-13)9-14(17)16-8-2-3-12(10-16)4-7-15(18)19/h9,12-13H,2-8,10H2,1H3,(H,18,19)/b11-9+/t12-/m1/s1. The van der Waals surface area contributed by atoms with Crippen molar-refractivity contribution >= 4 is 11.9 Å². The SMILES string of the molecule is C/C(=C\C(=O)N1CCC[C@H](CCC(=O)O)C1)C1CC1. The van der Waals surface area contributed by atoms with Crippen LogP contribution < -0.4 is 0 Å². The first kappa shape index (κ1) is 14.1. The normalized spacial score (nSPS) is 24.4. The molecule has 1 amide bonds. The second-order valence-corrected chi connectivity index (χ2v) is 5.89. The molecule has 4 heteroatoms. The quantitative estimate of drug-likeness (QED) is 0.777. The Balaban J connectivity index is 1.84. The van der Waals surface area contributed by atoms with Crippen LogP contribution in [0.4, 0.5) is 0 Å². The molecule has 1 saturated carbocycles. The summed E-state index contributed by atoms with van der Waals surface area (Å²) in [5.41, 5.74) is 1.21. The van der Waals surface area contributed by atoms with Crippen molar-refractivity contribution in [3.8, 4) is 0 Å². The van der Waals surface area contributed by atoms with E-state index in [0.29, 0.717) is 18.3 Å². The van der Waals surface area contributed by atoms with Crippen LogP contribution in [-0.4, -0.2) is 35.0 Å². The lowest BCUT2D eigenvalue weighted by molar-refractivity contribution is -0.137. The Labute approximate surface area is 114 Å². The van der Waals surface area contributed by atoms with Gasteiger partial charge in [-0.2, -0.15) is 0 Å². The van der Waals surface area contributed by atoms with Gasteiger partial charge < -0.3 is 10.0 Å². The van der Waals surface area contributed by atoms with Crippen molar-refractivity contribution in [3.63, 3.8) is 0 Å². The van der Waals surface area contributed by atoms with Crippen LogP contribution in [0.1, 0.15) is 45.4 Å². The summed E-state index contributed by atoms with van der Waals surface area (Å²) in [5.74, 6) is 0.359. The fourth-order valence-corrected chi connectivity index (χ4v) is 2.77. The van der Waals surface area contributed by atoms with Gasteiger partial charge in [0, 0.05) is 25.6 Å². The second-order valence-electron chi connectivity index (χ2n) is 5.89. The molecule has 0 aromatic rings. The first-order valence-electron chi connectivity index (χ1n) is 7.25. The number of carbonyl (C=O) groups is 2. The first-order valence-corrected chi connectivity index (χ1v) is 7.25. The van der Waals surface area contributed by atoms with Gasteiger partial charge >= 0.3 is 5.97 Å². The number of hydrogen-bond donors (Lipinski definition) is 1. The Hall–Kier alpha value is -1.32. The molecule has 0 spiro atoms. The van der Waals surface area contributed by atoms with Crippen LogP contribution in [0.5, 0.6) is 0 Å². The molecule has 2 fully saturated rings. The van der Waals surface area contributed by atoms with E-state index in [1.807, 2.05) is 11.8 Å². The van der Waals surface area contributed by atoms with Gasteiger partial charge in [-0.05, 0) is 50.9 Å². The third kappa shape index (κ3) is 4.37. The van der Waals surface area contributed by atoms with E-state index < -0.39 is 5.97 Å². The fraction of sp³-hybridized carbons (Fsp3) is 0.733. The fourth-order valence-electron chi connectivity index (χ4n) is 2.77. The van der Waals surface area contributed by atoms with Gasteiger partial charge in [0.05, 0.1) is 0 Å². The van der Waals surface area contributed by atoms with E-state index in [0.717, 1.165) is 25.9 Å². The van der Waals surface area contributed by atoms with E-state index in [-0.39, 0.29) is 12.3 Å². The molecule has 1 atom stereocenters. The molecule has 0 aromatic carbocycles. The highest BCUT2D eigenvalue weighted by Gasteiger charge is 2.26. The highest BCUT2D eigenvalue weighted by molar-refractivity contribution is 5.88. The molecule has 0 aromatic heterocycles. The van der Waals surface area contributed by atoms with Crippen molar-refractivity contribution in [1.82, 2.24) is 4.90 Å². The first-order chi connectivity index (χ1) is 9.06. The van der Waals surface area contributed by atoms with Crippen LogP contribution in [0.25, 0.3) is 0 Å². The monoisotopic (exact) mass is 265 g/mol. The Morgan fingerprint density at radius 2 is 2.05 bits per heavy atom. The topological polar surface area (TPSA) is 57.6 Å². The van der Waals surface area contributed by atoms with Crippen LogP contribution in [-0.2, 0) is 9.59 Å². The van der Waals surface area contributed by atoms with Gasteiger partial charge in [-0.25, -0.2) is 0 Å². The van der Waals surface area contributed by atoms with Gasteiger partial charge in [-0.1, -0.05) is 5.57 Å². The predicted molar refractivity (Wildman–Crippen MR) is 72.7 cm³/mol. The van der Waals surface area contributed by atoms with Crippen LogP contribution in [0.2, 0.25) is 0 Å². The number of piperidine rings is 1. The number of hydrogen-bond acceptors (Lipinski definition) is 2. The van der Waals surface area contributed by atoms with Crippen molar-refractivity contribution in [2.45, 2.75) is 45.4 Å².